The molecule has 5 N–H and O–H groups in total. The van der Waals surface area contributed by atoms with E-state index in [1.165, 1.54) is 24.3 Å². The summed E-state index contributed by atoms with van der Waals surface area (Å²) in [6.07, 6.45) is 3.75. The Morgan fingerprint density at radius 3 is 2.17 bits per heavy atom. The van der Waals surface area contributed by atoms with E-state index in [9.17, 15) is 18.0 Å². The molecule has 1 aromatic rings. The predicted molar refractivity (Wildman–Crippen MR) is 85.4 cm³/mol. The number of sulfone groups is 1. The average molecular weight is 339 g/mol. The molecular formula is C15H21N3O4S. The van der Waals surface area contributed by atoms with Gasteiger partial charge in [-0.25, -0.2) is 8.42 Å². The van der Waals surface area contributed by atoms with Gasteiger partial charge in [0.1, 0.15) is 5.75 Å². The number of carbonyl (C=O) groups excluding carboxylic acids is 2. The Labute approximate surface area is 135 Å². The molecule has 7 nitrogen and oxygen atoms in total. The lowest BCUT2D eigenvalue weighted by molar-refractivity contribution is -0.115. The topological polar surface area (TPSA) is 132 Å². The molecule has 1 saturated carbocycles. The third-order valence-electron chi connectivity index (χ3n) is 4.14. The van der Waals surface area contributed by atoms with E-state index in [-0.39, 0.29) is 16.3 Å². The highest BCUT2D eigenvalue weighted by Crippen LogP contribution is 2.29. The molecule has 1 fully saturated rings. The van der Waals surface area contributed by atoms with Gasteiger partial charge in [-0.3, -0.25) is 9.59 Å². The van der Waals surface area contributed by atoms with Gasteiger partial charge in [0.25, 0.3) is 5.91 Å². The second-order valence-corrected chi connectivity index (χ2v) is 7.89. The SMILES string of the molecule is NCC1(NC(=O)c2ccc(S(=O)(=O)CC(N)=O)cc2)CCCC1. The molecule has 0 unspecified atom stereocenters. The summed E-state index contributed by atoms with van der Waals surface area (Å²) in [6, 6.07) is 5.44. The van der Waals surface area contributed by atoms with Gasteiger partial charge < -0.3 is 16.8 Å². The normalized spacial score (nSPS) is 16.9. The van der Waals surface area contributed by atoms with Crippen LogP contribution in [0.15, 0.2) is 29.2 Å². The van der Waals surface area contributed by atoms with Gasteiger partial charge in [-0.1, -0.05) is 12.8 Å². The number of rotatable bonds is 6. The molecule has 0 radical (unpaired) electrons. The fourth-order valence-corrected chi connectivity index (χ4v) is 3.92. The van der Waals surface area contributed by atoms with Crippen molar-refractivity contribution in [2.24, 2.45) is 11.5 Å². The summed E-state index contributed by atoms with van der Waals surface area (Å²) in [6.45, 7) is 0.379. The van der Waals surface area contributed by atoms with Gasteiger partial charge in [0.2, 0.25) is 5.91 Å². The van der Waals surface area contributed by atoms with Crippen LogP contribution in [0.25, 0.3) is 0 Å². The second kappa shape index (κ2) is 6.67. The maximum Gasteiger partial charge on any atom is 0.251 e. The largest absolute Gasteiger partial charge is 0.369 e. The van der Waals surface area contributed by atoms with Crippen LogP contribution in [0.1, 0.15) is 36.0 Å². The molecule has 0 aromatic heterocycles. The van der Waals surface area contributed by atoms with E-state index in [4.69, 9.17) is 11.5 Å². The van der Waals surface area contributed by atoms with E-state index >= 15 is 0 Å². The molecule has 0 spiro atoms. The van der Waals surface area contributed by atoms with Gasteiger partial charge in [-0.05, 0) is 37.1 Å². The number of carbonyl (C=O) groups is 2. The highest BCUT2D eigenvalue weighted by atomic mass is 32.2. The zero-order valence-electron chi connectivity index (χ0n) is 12.7. The fraction of sp³-hybridized carbons (Fsp3) is 0.467. The minimum atomic E-state index is -3.77. The van der Waals surface area contributed by atoms with Crippen molar-refractivity contribution in [3.8, 4) is 0 Å². The van der Waals surface area contributed by atoms with Gasteiger partial charge in [0, 0.05) is 12.1 Å². The van der Waals surface area contributed by atoms with Crippen LogP contribution in [0.4, 0.5) is 0 Å². The Kier molecular flexibility index (Phi) is 5.06. The molecule has 1 aromatic carbocycles. The number of nitrogens with one attached hydrogen (secondary N) is 1. The molecule has 8 heteroatoms. The zero-order chi connectivity index (χ0) is 17.1. The molecule has 2 amide bonds. The first-order valence-corrected chi connectivity index (χ1v) is 9.07. The van der Waals surface area contributed by atoms with Crippen LogP contribution in [-0.4, -0.2) is 38.1 Å². The number of primary amides is 1. The number of amides is 2. The molecular weight excluding hydrogens is 318 g/mol. The smallest absolute Gasteiger partial charge is 0.251 e. The summed E-state index contributed by atoms with van der Waals surface area (Å²) in [5, 5.41) is 2.96. The van der Waals surface area contributed by atoms with Gasteiger partial charge in [-0.2, -0.15) is 0 Å². The Bertz CT molecular complexity index is 692. The van der Waals surface area contributed by atoms with Crippen LogP contribution in [0.2, 0.25) is 0 Å². The highest BCUT2D eigenvalue weighted by molar-refractivity contribution is 7.92. The first-order valence-electron chi connectivity index (χ1n) is 7.42. The molecule has 0 aliphatic heterocycles. The van der Waals surface area contributed by atoms with Crippen LogP contribution < -0.4 is 16.8 Å². The van der Waals surface area contributed by atoms with Gasteiger partial charge in [0.15, 0.2) is 9.84 Å². The van der Waals surface area contributed by atoms with Crippen LogP contribution in [0.5, 0.6) is 0 Å². The van der Waals surface area contributed by atoms with E-state index in [1.54, 1.807) is 0 Å². The first-order chi connectivity index (χ1) is 10.8. The summed E-state index contributed by atoms with van der Waals surface area (Å²) >= 11 is 0. The highest BCUT2D eigenvalue weighted by Gasteiger charge is 2.34. The van der Waals surface area contributed by atoms with Crippen molar-refractivity contribution in [3.63, 3.8) is 0 Å². The zero-order valence-corrected chi connectivity index (χ0v) is 13.6. The van der Waals surface area contributed by atoms with E-state index in [1.807, 2.05) is 0 Å². The maximum atomic E-state index is 12.3. The summed E-state index contributed by atoms with van der Waals surface area (Å²) in [5.41, 5.74) is 10.7. The molecule has 23 heavy (non-hydrogen) atoms. The second-order valence-electron chi connectivity index (χ2n) is 5.90. The van der Waals surface area contributed by atoms with Crippen LogP contribution in [0, 0.1) is 0 Å². The standard InChI is InChI=1S/C15H21N3O4S/c16-10-15(7-1-2-8-15)18-14(20)11-3-5-12(6-4-11)23(21,22)9-13(17)19/h3-6H,1-2,7-10,16H2,(H2,17,19)(H,18,20). The third kappa shape index (κ3) is 4.08. The lowest BCUT2D eigenvalue weighted by Gasteiger charge is -2.28. The molecule has 1 aliphatic carbocycles. The number of nitrogens with two attached hydrogens (primary N) is 2. The Morgan fingerprint density at radius 2 is 1.70 bits per heavy atom. The molecule has 1 aliphatic rings. The van der Waals surface area contributed by atoms with Crippen molar-refractivity contribution in [1.82, 2.24) is 5.32 Å². The quantitative estimate of drug-likeness (QED) is 0.668. The van der Waals surface area contributed by atoms with Crippen molar-refractivity contribution in [2.75, 3.05) is 12.3 Å². The summed E-state index contributed by atoms with van der Waals surface area (Å²) in [4.78, 5) is 23.1. The lowest BCUT2D eigenvalue weighted by Crippen LogP contribution is -2.51. The third-order valence-corrected chi connectivity index (χ3v) is 5.79. The Hall–Kier alpha value is -1.93. The van der Waals surface area contributed by atoms with Crippen molar-refractivity contribution >= 4 is 21.7 Å². The van der Waals surface area contributed by atoms with Gasteiger partial charge in [-0.15, -0.1) is 0 Å². The van der Waals surface area contributed by atoms with Crippen LogP contribution in [0.3, 0.4) is 0 Å². The molecule has 0 bridgehead atoms. The Morgan fingerprint density at radius 1 is 1.13 bits per heavy atom. The molecule has 126 valence electrons. The minimum Gasteiger partial charge on any atom is -0.369 e. The maximum absolute atomic E-state index is 12.3. The fourth-order valence-electron chi connectivity index (χ4n) is 2.83. The van der Waals surface area contributed by atoms with E-state index in [2.05, 4.69) is 5.32 Å². The summed E-state index contributed by atoms with van der Waals surface area (Å²) in [5.74, 6) is -1.96. The van der Waals surface area contributed by atoms with E-state index < -0.39 is 21.5 Å². The van der Waals surface area contributed by atoms with Crippen molar-refractivity contribution in [3.05, 3.63) is 29.8 Å². The minimum absolute atomic E-state index is 0.0396. The van der Waals surface area contributed by atoms with Gasteiger partial charge in [0.05, 0.1) is 10.4 Å². The number of benzene rings is 1. The van der Waals surface area contributed by atoms with E-state index in [0.717, 1.165) is 25.7 Å². The first kappa shape index (κ1) is 17.4. The van der Waals surface area contributed by atoms with Crippen molar-refractivity contribution in [1.29, 1.82) is 0 Å². The van der Waals surface area contributed by atoms with Crippen molar-refractivity contribution in [2.45, 2.75) is 36.1 Å². The van der Waals surface area contributed by atoms with Crippen molar-refractivity contribution < 1.29 is 18.0 Å². The van der Waals surface area contributed by atoms with Gasteiger partial charge >= 0.3 is 0 Å². The Balaban J connectivity index is 2.13. The average Bonchev–Trinajstić information content (AvgIpc) is 2.95. The molecule has 0 atom stereocenters. The predicted octanol–water partition coefficient (Wildman–Crippen LogP) is -0.0531. The molecule has 0 saturated heterocycles. The van der Waals surface area contributed by atoms with Crippen LogP contribution in [-0.2, 0) is 14.6 Å². The summed E-state index contributed by atoms with van der Waals surface area (Å²) < 4.78 is 23.8. The summed E-state index contributed by atoms with van der Waals surface area (Å²) in [7, 11) is -3.77. The number of hydrogen-bond donors (Lipinski definition) is 3. The van der Waals surface area contributed by atoms with E-state index in [0.29, 0.717) is 12.1 Å². The van der Waals surface area contributed by atoms with Crippen LogP contribution >= 0.6 is 0 Å². The monoisotopic (exact) mass is 339 g/mol. The molecule has 0 heterocycles. The molecule has 2 rings (SSSR count). The number of hydrogen-bond acceptors (Lipinski definition) is 5. The lowest BCUT2D eigenvalue weighted by atomic mass is 9.97.